The Kier molecular flexibility index (Phi) is 7.30. The molecule has 8 nitrogen and oxygen atoms in total. The van der Waals surface area contributed by atoms with Crippen LogP contribution in [0, 0.1) is 5.92 Å². The van der Waals surface area contributed by atoms with Crippen molar-refractivity contribution in [1.29, 1.82) is 0 Å². The van der Waals surface area contributed by atoms with Crippen LogP contribution in [0.4, 0.5) is 5.69 Å². The Morgan fingerprint density at radius 1 is 1.31 bits per heavy atom. The lowest BCUT2D eigenvalue weighted by atomic mass is 9.93. The van der Waals surface area contributed by atoms with Gasteiger partial charge in [0.05, 0.1) is 24.5 Å². The normalized spacial score (nSPS) is 16.2. The molecule has 0 saturated heterocycles. The van der Waals surface area contributed by atoms with Crippen molar-refractivity contribution >= 4 is 43.0 Å². The van der Waals surface area contributed by atoms with E-state index in [9.17, 15) is 8.42 Å². The van der Waals surface area contributed by atoms with Crippen LogP contribution >= 0.6 is 27.3 Å². The summed E-state index contributed by atoms with van der Waals surface area (Å²) in [5.41, 5.74) is 2.24. The van der Waals surface area contributed by atoms with E-state index in [0.717, 1.165) is 34.4 Å². The number of aryl methyl sites for hydroxylation is 1. The zero-order valence-electron chi connectivity index (χ0n) is 17.9. The molecule has 0 spiro atoms. The predicted octanol–water partition coefficient (Wildman–Crippen LogP) is 4.26. The molecular formula is C21H25BrN4O4S2. The Balaban J connectivity index is 1.46. The van der Waals surface area contributed by atoms with Crippen LogP contribution in [-0.2, 0) is 47.3 Å². The van der Waals surface area contributed by atoms with Crippen molar-refractivity contribution in [1.82, 2.24) is 14.9 Å². The van der Waals surface area contributed by atoms with Gasteiger partial charge in [-0.25, -0.2) is 18.1 Å². The van der Waals surface area contributed by atoms with E-state index in [1.165, 1.54) is 4.88 Å². The van der Waals surface area contributed by atoms with Crippen LogP contribution in [0.2, 0.25) is 0 Å². The fourth-order valence-electron chi connectivity index (χ4n) is 3.61. The molecule has 1 atom stereocenters. The van der Waals surface area contributed by atoms with Gasteiger partial charge in [-0.2, -0.15) is 0 Å². The van der Waals surface area contributed by atoms with Gasteiger partial charge in [0.2, 0.25) is 10.0 Å². The lowest BCUT2D eigenvalue weighted by Crippen LogP contribution is -2.24. The van der Waals surface area contributed by atoms with Crippen molar-refractivity contribution in [2.45, 2.75) is 50.8 Å². The highest BCUT2D eigenvalue weighted by atomic mass is 79.9. The third kappa shape index (κ3) is 5.57. The smallest absolute Gasteiger partial charge is 0.243 e. The Labute approximate surface area is 199 Å². The summed E-state index contributed by atoms with van der Waals surface area (Å²) in [5.74, 6) is 1.26. The van der Waals surface area contributed by atoms with Gasteiger partial charge in [0, 0.05) is 22.5 Å². The molecule has 4 rings (SSSR count). The Morgan fingerprint density at radius 3 is 2.97 bits per heavy atom. The van der Waals surface area contributed by atoms with Crippen LogP contribution in [0.3, 0.4) is 0 Å². The van der Waals surface area contributed by atoms with Crippen LogP contribution in [-0.4, -0.2) is 25.7 Å². The Bertz CT molecular complexity index is 1190. The lowest BCUT2D eigenvalue weighted by Gasteiger charge is -2.15. The molecule has 1 aromatic carbocycles. The van der Waals surface area contributed by atoms with Crippen molar-refractivity contribution in [3.8, 4) is 0 Å². The average molecular weight is 541 g/mol. The first-order valence-corrected chi connectivity index (χ1v) is 13.4. The minimum Gasteiger partial charge on any atom is -0.378 e. The first-order valence-electron chi connectivity index (χ1n) is 10.3. The van der Waals surface area contributed by atoms with Crippen molar-refractivity contribution in [3.05, 3.63) is 55.8 Å². The second-order valence-electron chi connectivity index (χ2n) is 7.86. The molecule has 0 amide bonds. The van der Waals surface area contributed by atoms with Gasteiger partial charge in [-0.05, 0) is 43.4 Å². The van der Waals surface area contributed by atoms with E-state index in [1.807, 2.05) is 0 Å². The standard InChI is InChI=1S/C21H25BrN4O4S2/c1-13-3-5-17-19(7-13)31-21(25-17)11-24-32(27,28)20-6-4-14(22)8-18(20)23-10-15-9-16(12-29-2)30-26-15/h4,6,8-9,13,23-24H,3,5,7,10-12H2,1-2H3. The predicted molar refractivity (Wildman–Crippen MR) is 126 cm³/mol. The maximum absolute atomic E-state index is 13.1. The number of hydrogen-bond donors (Lipinski definition) is 2. The molecule has 2 N–H and O–H groups in total. The van der Waals surface area contributed by atoms with Crippen molar-refractivity contribution in [2.24, 2.45) is 5.92 Å². The molecule has 0 radical (unpaired) electrons. The molecule has 0 bridgehead atoms. The zero-order chi connectivity index (χ0) is 22.7. The highest BCUT2D eigenvalue weighted by Gasteiger charge is 2.22. The number of thiazole rings is 1. The fourth-order valence-corrected chi connectivity index (χ4v) is 6.43. The summed E-state index contributed by atoms with van der Waals surface area (Å²) in [6.07, 6.45) is 3.12. The van der Waals surface area contributed by atoms with E-state index < -0.39 is 10.0 Å². The zero-order valence-corrected chi connectivity index (χ0v) is 21.1. The number of halogens is 1. The number of fused-ring (bicyclic) bond motifs is 1. The molecule has 3 aromatic rings. The minimum atomic E-state index is -3.76. The van der Waals surface area contributed by atoms with Gasteiger partial charge in [-0.15, -0.1) is 11.3 Å². The summed E-state index contributed by atoms with van der Waals surface area (Å²) in [4.78, 5) is 6.10. The van der Waals surface area contributed by atoms with E-state index in [4.69, 9.17) is 9.26 Å². The maximum atomic E-state index is 13.1. The van der Waals surface area contributed by atoms with E-state index in [0.29, 0.717) is 36.2 Å². The summed E-state index contributed by atoms with van der Waals surface area (Å²) in [7, 11) is -2.18. The fraction of sp³-hybridized carbons (Fsp3) is 0.429. The monoisotopic (exact) mass is 540 g/mol. The van der Waals surface area contributed by atoms with E-state index >= 15 is 0 Å². The number of nitrogens with one attached hydrogen (secondary N) is 2. The molecule has 1 aliphatic rings. The third-order valence-corrected chi connectivity index (χ3v) is 8.30. The van der Waals surface area contributed by atoms with Crippen molar-refractivity contribution < 1.29 is 17.7 Å². The van der Waals surface area contributed by atoms with E-state index in [2.05, 4.69) is 43.0 Å². The number of sulfonamides is 1. The van der Waals surface area contributed by atoms with Gasteiger partial charge >= 0.3 is 0 Å². The van der Waals surface area contributed by atoms with Crippen LogP contribution in [0.5, 0.6) is 0 Å². The van der Waals surface area contributed by atoms with Gasteiger partial charge in [-0.3, -0.25) is 0 Å². The number of hydrogen-bond acceptors (Lipinski definition) is 8. The van der Waals surface area contributed by atoms with Crippen LogP contribution in [0.1, 0.15) is 40.4 Å². The summed E-state index contributed by atoms with van der Waals surface area (Å²) in [6.45, 7) is 3.05. The van der Waals surface area contributed by atoms with Gasteiger partial charge in [-0.1, -0.05) is 28.0 Å². The molecule has 1 aliphatic carbocycles. The third-order valence-electron chi connectivity index (χ3n) is 5.23. The van der Waals surface area contributed by atoms with Gasteiger partial charge < -0.3 is 14.6 Å². The van der Waals surface area contributed by atoms with Crippen LogP contribution < -0.4 is 10.0 Å². The summed E-state index contributed by atoms with van der Waals surface area (Å²) in [5, 5.41) is 7.92. The quantitative estimate of drug-likeness (QED) is 0.417. The number of anilines is 1. The maximum Gasteiger partial charge on any atom is 0.243 e. The van der Waals surface area contributed by atoms with E-state index in [-0.39, 0.29) is 11.4 Å². The number of aromatic nitrogens is 2. The average Bonchev–Trinajstić information content (AvgIpc) is 3.37. The number of benzene rings is 1. The molecule has 0 fully saturated rings. The van der Waals surface area contributed by atoms with Crippen LogP contribution in [0.25, 0.3) is 0 Å². The van der Waals surface area contributed by atoms with Gasteiger partial charge in [0.25, 0.3) is 0 Å². The number of ether oxygens (including phenoxy) is 1. The Hall–Kier alpha value is -1.79. The van der Waals surface area contributed by atoms with Crippen LogP contribution in [0.15, 0.2) is 38.2 Å². The SMILES string of the molecule is COCc1cc(CNc2cc(Br)ccc2S(=O)(=O)NCc2nc3c(s2)CC(C)CC3)no1. The molecule has 0 saturated carbocycles. The second kappa shape index (κ2) is 10.0. The molecule has 32 heavy (non-hydrogen) atoms. The molecule has 1 unspecified atom stereocenters. The lowest BCUT2D eigenvalue weighted by molar-refractivity contribution is 0.156. The molecule has 172 valence electrons. The number of methoxy groups -OCH3 is 1. The second-order valence-corrected chi connectivity index (χ2v) is 11.7. The first-order chi connectivity index (χ1) is 15.3. The molecule has 0 aliphatic heterocycles. The van der Waals surface area contributed by atoms with Crippen molar-refractivity contribution in [3.63, 3.8) is 0 Å². The highest BCUT2D eigenvalue weighted by Crippen LogP contribution is 2.30. The minimum absolute atomic E-state index is 0.163. The van der Waals surface area contributed by atoms with Gasteiger partial charge in [0.1, 0.15) is 22.2 Å². The topological polar surface area (TPSA) is 106 Å². The van der Waals surface area contributed by atoms with Gasteiger partial charge in [0.15, 0.2) is 5.76 Å². The molecule has 2 heterocycles. The highest BCUT2D eigenvalue weighted by molar-refractivity contribution is 9.10. The number of nitrogens with zero attached hydrogens (tertiary/aromatic N) is 2. The first kappa shape index (κ1) is 23.4. The summed E-state index contributed by atoms with van der Waals surface area (Å²) in [6, 6.07) is 6.78. The molecule has 11 heteroatoms. The summed E-state index contributed by atoms with van der Waals surface area (Å²) >= 11 is 5.02. The summed E-state index contributed by atoms with van der Waals surface area (Å²) < 4.78 is 39.9. The largest absolute Gasteiger partial charge is 0.378 e. The van der Waals surface area contributed by atoms with E-state index in [1.54, 1.807) is 42.7 Å². The molecular weight excluding hydrogens is 516 g/mol. The number of rotatable bonds is 9. The Morgan fingerprint density at radius 2 is 2.16 bits per heavy atom. The molecule has 2 aromatic heterocycles. The van der Waals surface area contributed by atoms with Crippen molar-refractivity contribution in [2.75, 3.05) is 12.4 Å².